The Kier molecular flexibility index (Phi) is 12.8. The number of allylic oxidation sites excluding steroid dienone is 11. The number of hydrogen-bond acceptors (Lipinski definition) is 2. The second-order valence-electron chi connectivity index (χ2n) is 13.3. The molecule has 3 aliphatic heterocycles. The standard InChI is InChI=1S/C50H50N6/c1-7-11-13-27-45-38(6)49-37(5)22-18-19-34-54(41-24-14-12-15-25-41)48(49)33-36-55(45)42-31-29-40(30-32-42)50(52-53-51)39(9-3)23-20-35-56-46(21-8-2)43(10-4)44-26-16-17-28-47(44)56/h7-15,17-25,27-36,50H,2,5-6,16,26H2,1,3-4H3,(H2,51,52)/q+2/b11-7-,22-18?,23-20-,27-13-,34-19?,39-9+,43-10-,46-21+,56-35-. The molecule has 2 aromatic rings. The van der Waals surface area contributed by atoms with Gasteiger partial charge in [-0.1, -0.05) is 104 Å². The van der Waals surface area contributed by atoms with Gasteiger partial charge in [-0.25, -0.2) is 0 Å². The molecule has 1 aliphatic carbocycles. The molecule has 6 rings (SSSR count). The summed E-state index contributed by atoms with van der Waals surface area (Å²) >= 11 is 0. The number of aromatic nitrogens is 2. The zero-order chi connectivity index (χ0) is 39.4. The number of nitrogens with two attached hydrogens (primary N) is 1. The topological polar surface area (TPSA) is 62.6 Å². The van der Waals surface area contributed by atoms with Crippen LogP contribution in [0.15, 0.2) is 203 Å². The van der Waals surface area contributed by atoms with E-state index in [1.165, 1.54) is 16.8 Å². The van der Waals surface area contributed by atoms with Crippen molar-refractivity contribution in [3.8, 4) is 11.4 Å². The van der Waals surface area contributed by atoms with Gasteiger partial charge in [-0.05, 0) is 80.3 Å². The summed E-state index contributed by atoms with van der Waals surface area (Å²) in [5.41, 5.74) is 9.78. The van der Waals surface area contributed by atoms with Crippen LogP contribution in [0.1, 0.15) is 50.9 Å². The highest BCUT2D eigenvalue weighted by Gasteiger charge is 2.35. The molecule has 1 atom stereocenters. The molecule has 278 valence electrons. The Balaban J connectivity index is 1.44. The second-order valence-corrected chi connectivity index (χ2v) is 13.3. The fourth-order valence-electron chi connectivity index (χ4n) is 7.37. The van der Waals surface area contributed by atoms with Crippen molar-refractivity contribution in [2.24, 2.45) is 16.2 Å². The predicted molar refractivity (Wildman–Crippen MR) is 233 cm³/mol. The van der Waals surface area contributed by atoms with E-state index < -0.39 is 6.04 Å². The predicted octanol–water partition coefficient (Wildman–Crippen LogP) is 9.60. The maximum absolute atomic E-state index is 5.73. The van der Waals surface area contributed by atoms with Gasteiger partial charge in [-0.15, -0.1) is 0 Å². The first-order chi connectivity index (χ1) is 27.4. The van der Waals surface area contributed by atoms with Gasteiger partial charge in [0, 0.05) is 70.4 Å². The average Bonchev–Trinajstić information content (AvgIpc) is 3.44. The van der Waals surface area contributed by atoms with Crippen LogP contribution in [0.3, 0.4) is 0 Å². The molecule has 1 unspecified atom stereocenters. The zero-order valence-corrected chi connectivity index (χ0v) is 32.6. The third kappa shape index (κ3) is 8.10. The number of para-hydroxylation sites is 1. The van der Waals surface area contributed by atoms with Crippen LogP contribution in [0, 0.1) is 10.6 Å². The molecule has 0 saturated heterocycles. The highest BCUT2D eigenvalue weighted by Crippen LogP contribution is 2.39. The molecule has 3 heterocycles. The number of nitrogens with zero attached hydrogens (tertiary/aromatic N) is 5. The highest BCUT2D eigenvalue weighted by molar-refractivity contribution is 5.71. The summed E-state index contributed by atoms with van der Waals surface area (Å²) in [6.07, 6.45) is 33.3. The van der Waals surface area contributed by atoms with Gasteiger partial charge in [0.15, 0.2) is 12.4 Å². The minimum Gasteiger partial charge on any atom is -0.316 e. The van der Waals surface area contributed by atoms with Crippen molar-refractivity contribution in [1.29, 1.82) is 0 Å². The van der Waals surface area contributed by atoms with Crippen molar-refractivity contribution in [1.82, 2.24) is 4.57 Å². The van der Waals surface area contributed by atoms with E-state index in [1.807, 2.05) is 74.5 Å². The van der Waals surface area contributed by atoms with E-state index in [1.54, 1.807) is 0 Å². The molecule has 6 heteroatoms. The van der Waals surface area contributed by atoms with Gasteiger partial charge in [0.05, 0.1) is 10.9 Å². The molecule has 0 fully saturated rings. The summed E-state index contributed by atoms with van der Waals surface area (Å²) in [5.74, 6) is 5.73. The lowest BCUT2D eigenvalue weighted by Gasteiger charge is -2.12. The van der Waals surface area contributed by atoms with Crippen LogP contribution in [-0.4, -0.2) is 15.4 Å². The van der Waals surface area contributed by atoms with Crippen molar-refractivity contribution in [2.45, 2.75) is 39.7 Å². The molecule has 56 heavy (non-hydrogen) atoms. The molecular weight excluding hydrogens is 685 g/mol. The maximum Gasteiger partial charge on any atom is 0.218 e. The molecule has 0 spiro atoms. The van der Waals surface area contributed by atoms with Gasteiger partial charge in [0.2, 0.25) is 22.8 Å². The van der Waals surface area contributed by atoms with Crippen LogP contribution in [0.5, 0.6) is 0 Å². The normalized spacial score (nSPS) is 17.4. The van der Waals surface area contributed by atoms with Crippen molar-refractivity contribution in [3.63, 3.8) is 0 Å². The molecule has 0 radical (unpaired) electrons. The Morgan fingerprint density at radius 1 is 0.929 bits per heavy atom. The minimum absolute atomic E-state index is 0.406. The van der Waals surface area contributed by atoms with Crippen LogP contribution in [0.2, 0.25) is 0 Å². The molecule has 2 N–H and O–H groups in total. The van der Waals surface area contributed by atoms with Crippen LogP contribution in [-0.2, 0) is 0 Å². The first-order valence-corrected chi connectivity index (χ1v) is 19.0. The Hall–Kier alpha value is -6.92. The first kappa shape index (κ1) is 38.8. The Bertz CT molecular complexity index is 2660. The third-order valence-electron chi connectivity index (χ3n) is 10.00. The lowest BCUT2D eigenvalue weighted by atomic mass is 9.97. The monoisotopic (exact) mass is 734 g/mol. The number of hydrogen-bond donors (Lipinski definition) is 1. The van der Waals surface area contributed by atoms with Crippen molar-refractivity contribution in [3.05, 3.63) is 225 Å². The summed E-state index contributed by atoms with van der Waals surface area (Å²) in [6, 6.07) is 26.5. The SMILES string of the molecule is C=C/C=C1\C(=C/C)C2=C(C=CCC2)\[N+]1=C/C=C\C(=C/C)C(N=NN)c1ccc(-[n+]2ccc3n(-c4ccccc4)ccccc(=C)c=3c(=C)c2/C=C\C=C/C)cc1. The Morgan fingerprint density at radius 2 is 1.71 bits per heavy atom. The summed E-state index contributed by atoms with van der Waals surface area (Å²) in [5, 5.41) is 11.9. The second kappa shape index (κ2) is 18.4. The summed E-state index contributed by atoms with van der Waals surface area (Å²) in [4.78, 5) is 0. The Morgan fingerprint density at radius 3 is 2.43 bits per heavy atom. The lowest BCUT2D eigenvalue weighted by molar-refractivity contribution is -0.597. The van der Waals surface area contributed by atoms with Crippen LogP contribution in [0.4, 0.5) is 0 Å². The van der Waals surface area contributed by atoms with Crippen LogP contribution >= 0.6 is 0 Å². The van der Waals surface area contributed by atoms with Gasteiger partial charge in [-0.2, -0.15) is 14.3 Å². The summed E-state index contributed by atoms with van der Waals surface area (Å²) in [7, 11) is 0. The fourth-order valence-corrected chi connectivity index (χ4v) is 7.37. The van der Waals surface area contributed by atoms with Crippen molar-refractivity contribution < 1.29 is 9.14 Å². The molecule has 0 bridgehead atoms. The van der Waals surface area contributed by atoms with E-state index >= 15 is 0 Å². The van der Waals surface area contributed by atoms with E-state index in [2.05, 4.69) is 160 Å². The number of benzene rings is 2. The molecule has 0 saturated carbocycles. The molecule has 6 nitrogen and oxygen atoms in total. The highest BCUT2D eigenvalue weighted by atomic mass is 15.3. The quantitative estimate of drug-likeness (QED) is 0.0570. The fraction of sp³-hybridized carbons (Fsp3) is 0.120. The van der Waals surface area contributed by atoms with Crippen molar-refractivity contribution in [2.75, 3.05) is 0 Å². The first-order valence-electron chi connectivity index (χ1n) is 19.0. The van der Waals surface area contributed by atoms with Gasteiger partial charge >= 0.3 is 0 Å². The smallest absolute Gasteiger partial charge is 0.218 e. The van der Waals surface area contributed by atoms with Gasteiger partial charge in [0.25, 0.3) is 0 Å². The van der Waals surface area contributed by atoms with E-state index in [9.17, 15) is 0 Å². The van der Waals surface area contributed by atoms with Gasteiger partial charge in [-0.3, -0.25) is 0 Å². The van der Waals surface area contributed by atoms with Gasteiger partial charge < -0.3 is 10.4 Å². The van der Waals surface area contributed by atoms with Gasteiger partial charge in [0.1, 0.15) is 6.04 Å². The van der Waals surface area contributed by atoms with E-state index in [0.29, 0.717) is 0 Å². The van der Waals surface area contributed by atoms with E-state index in [0.717, 1.165) is 67.7 Å². The number of rotatable bonds is 10. The lowest BCUT2D eigenvalue weighted by Crippen LogP contribution is -2.37. The molecule has 0 aromatic heterocycles. The Labute approximate surface area is 330 Å². The molecule has 2 aromatic carbocycles. The molecule has 0 amide bonds. The third-order valence-corrected chi connectivity index (χ3v) is 10.00. The van der Waals surface area contributed by atoms with Crippen LogP contribution in [0.25, 0.3) is 30.6 Å². The van der Waals surface area contributed by atoms with Crippen molar-refractivity contribution >= 4 is 25.4 Å². The minimum atomic E-state index is -0.406. The van der Waals surface area contributed by atoms with E-state index in [4.69, 9.17) is 5.84 Å². The zero-order valence-electron chi connectivity index (χ0n) is 32.6. The van der Waals surface area contributed by atoms with Crippen LogP contribution < -0.4 is 20.8 Å². The van der Waals surface area contributed by atoms with E-state index in [-0.39, 0.29) is 0 Å². The largest absolute Gasteiger partial charge is 0.316 e. The average molecular weight is 735 g/mol. The summed E-state index contributed by atoms with van der Waals surface area (Å²) < 4.78 is 6.58. The summed E-state index contributed by atoms with van der Waals surface area (Å²) in [6.45, 7) is 19.2. The molecular formula is C50H50N6+2. The maximum atomic E-state index is 5.73. The molecule has 4 aliphatic rings.